The van der Waals surface area contributed by atoms with Gasteiger partial charge in [0.05, 0.1) is 6.42 Å². The molecule has 3 fully saturated rings. The van der Waals surface area contributed by atoms with Crippen molar-refractivity contribution >= 4 is 23.7 Å². The van der Waals surface area contributed by atoms with E-state index in [0.717, 1.165) is 0 Å². The molecule has 0 aromatic heterocycles. The zero-order chi connectivity index (χ0) is 29.5. The van der Waals surface area contributed by atoms with Gasteiger partial charge in [-0.1, -0.05) is 44.7 Å². The normalized spacial score (nSPS) is 36.3. The number of carbonyl (C=O) groups excluding carboxylic acids is 4. The molecule has 0 aromatic carbocycles. The summed E-state index contributed by atoms with van der Waals surface area (Å²) in [5.41, 5.74) is -2.96. The van der Waals surface area contributed by atoms with E-state index in [4.69, 9.17) is 14.2 Å². The van der Waals surface area contributed by atoms with E-state index in [1.807, 2.05) is 0 Å². The van der Waals surface area contributed by atoms with Gasteiger partial charge in [0.15, 0.2) is 5.78 Å². The van der Waals surface area contributed by atoms with Crippen molar-refractivity contribution in [3.05, 3.63) is 47.6 Å². The number of rotatable bonds is 7. The molecule has 0 unspecified atom stereocenters. The van der Waals surface area contributed by atoms with Crippen LogP contribution in [0.5, 0.6) is 0 Å². The molecule has 1 saturated heterocycles. The smallest absolute Gasteiger partial charge is 0.333 e. The van der Waals surface area contributed by atoms with Gasteiger partial charge in [0, 0.05) is 27.9 Å². The Bertz CT molecular complexity index is 1160. The molecule has 214 valence electrons. The fourth-order valence-electron chi connectivity index (χ4n) is 6.26. The van der Waals surface area contributed by atoms with Crippen molar-refractivity contribution in [2.75, 3.05) is 6.61 Å². The zero-order valence-electron chi connectivity index (χ0n) is 23.7. The van der Waals surface area contributed by atoms with E-state index < -0.39 is 77.4 Å². The molecule has 0 bridgehead atoms. The fraction of sp³-hybridized carbons (Fsp3) is 0.600. The number of hydrogen-bond acceptors (Lipinski definition) is 9. The Morgan fingerprint density at radius 1 is 1.13 bits per heavy atom. The highest BCUT2D eigenvalue weighted by molar-refractivity contribution is 6.01. The maximum atomic E-state index is 13.5. The van der Waals surface area contributed by atoms with Crippen molar-refractivity contribution in [3.8, 4) is 0 Å². The molecule has 1 heterocycles. The van der Waals surface area contributed by atoms with Gasteiger partial charge in [-0.2, -0.15) is 0 Å². The summed E-state index contributed by atoms with van der Waals surface area (Å²) in [6.07, 6.45) is -0.0879. The van der Waals surface area contributed by atoms with Gasteiger partial charge in [-0.15, -0.1) is 0 Å². The molecule has 0 radical (unpaired) electrons. The maximum absolute atomic E-state index is 13.5. The van der Waals surface area contributed by atoms with Crippen LogP contribution in [0.1, 0.15) is 67.2 Å². The number of ketones is 1. The Labute approximate surface area is 229 Å². The molecule has 3 aliphatic rings. The molecule has 7 atom stereocenters. The molecule has 0 amide bonds. The van der Waals surface area contributed by atoms with Crippen LogP contribution in [0, 0.1) is 16.7 Å². The highest BCUT2D eigenvalue weighted by atomic mass is 16.6. The first-order valence-corrected chi connectivity index (χ1v) is 13.2. The van der Waals surface area contributed by atoms with Crippen LogP contribution in [0.4, 0.5) is 0 Å². The molecule has 2 aliphatic carbocycles. The molecule has 2 N–H and O–H groups in total. The Morgan fingerprint density at radius 2 is 1.72 bits per heavy atom. The lowest BCUT2D eigenvalue weighted by molar-refractivity contribution is -0.185. The number of hydrogen-bond donors (Lipinski definition) is 2. The number of carbonyl (C=O) groups is 4. The largest absolute Gasteiger partial charge is 0.462 e. The summed E-state index contributed by atoms with van der Waals surface area (Å²) in [5.74, 6) is -3.20. The Morgan fingerprint density at radius 3 is 2.26 bits per heavy atom. The second-order valence-corrected chi connectivity index (χ2v) is 11.5. The quantitative estimate of drug-likeness (QED) is 0.214. The number of allylic oxidation sites excluding steroid dienone is 2. The average Bonchev–Trinajstić information content (AvgIpc) is 3.26. The zero-order valence-corrected chi connectivity index (χ0v) is 23.7. The van der Waals surface area contributed by atoms with Gasteiger partial charge in [0.25, 0.3) is 0 Å². The molecule has 39 heavy (non-hydrogen) atoms. The number of aliphatic hydroxyl groups is 2. The predicted molar refractivity (Wildman–Crippen MR) is 142 cm³/mol. The molecular weight excluding hydrogens is 504 g/mol. The van der Waals surface area contributed by atoms with Crippen LogP contribution in [0.25, 0.3) is 0 Å². The van der Waals surface area contributed by atoms with Gasteiger partial charge in [-0.25, -0.2) is 9.59 Å². The van der Waals surface area contributed by atoms with Gasteiger partial charge >= 0.3 is 17.9 Å². The molecule has 3 rings (SSSR count). The van der Waals surface area contributed by atoms with Crippen molar-refractivity contribution in [2.24, 2.45) is 16.7 Å². The highest BCUT2D eigenvalue weighted by Gasteiger charge is 2.66. The third-order valence-corrected chi connectivity index (χ3v) is 9.16. The molecule has 9 heteroatoms. The first-order chi connectivity index (χ1) is 18.1. The van der Waals surface area contributed by atoms with Crippen LogP contribution < -0.4 is 0 Å². The maximum Gasteiger partial charge on any atom is 0.333 e. The number of aliphatic hydroxyl groups excluding tert-OH is 1. The number of ether oxygens (including phenoxy) is 3. The van der Waals surface area contributed by atoms with Gasteiger partial charge in [-0.05, 0) is 52.5 Å². The minimum Gasteiger partial charge on any atom is -0.462 e. The number of fused-ring (bicyclic) bond motifs is 1. The Hall–Kier alpha value is -3.04. The van der Waals surface area contributed by atoms with Crippen molar-refractivity contribution in [1.29, 1.82) is 0 Å². The summed E-state index contributed by atoms with van der Waals surface area (Å²) < 4.78 is 16.8. The molecule has 0 spiro atoms. The van der Waals surface area contributed by atoms with Crippen LogP contribution >= 0.6 is 0 Å². The second kappa shape index (κ2) is 10.8. The second-order valence-electron chi connectivity index (χ2n) is 11.5. The van der Waals surface area contributed by atoms with Crippen molar-refractivity contribution < 1.29 is 43.6 Å². The Balaban J connectivity index is 2.16. The summed E-state index contributed by atoms with van der Waals surface area (Å²) in [6, 6.07) is 0. The van der Waals surface area contributed by atoms with E-state index in [2.05, 4.69) is 13.2 Å². The summed E-state index contributed by atoms with van der Waals surface area (Å²) in [4.78, 5) is 51.3. The summed E-state index contributed by atoms with van der Waals surface area (Å²) in [5, 5.41) is 22.7. The summed E-state index contributed by atoms with van der Waals surface area (Å²) in [7, 11) is 0. The fourth-order valence-corrected chi connectivity index (χ4v) is 6.26. The van der Waals surface area contributed by atoms with Gasteiger partial charge in [0.1, 0.15) is 30.5 Å². The number of Topliss-reactive ketones (excluding diaryl/α,β-unsaturated/α-hetero) is 1. The van der Waals surface area contributed by atoms with Gasteiger partial charge in [-0.3, -0.25) is 9.59 Å². The minimum absolute atomic E-state index is 0.0497. The molecular formula is C30H40O9. The first kappa shape index (κ1) is 30.5. The van der Waals surface area contributed by atoms with Crippen molar-refractivity contribution in [1.82, 2.24) is 0 Å². The lowest BCUT2D eigenvalue weighted by Gasteiger charge is -2.60. The number of esters is 3. The third kappa shape index (κ3) is 5.14. The molecule has 1 aliphatic heterocycles. The average molecular weight is 545 g/mol. The van der Waals surface area contributed by atoms with E-state index in [9.17, 15) is 29.4 Å². The van der Waals surface area contributed by atoms with Crippen LogP contribution in [0.3, 0.4) is 0 Å². The Kier molecular flexibility index (Phi) is 8.49. The number of cyclic esters (lactones) is 1. The van der Waals surface area contributed by atoms with Crippen LogP contribution in [0.15, 0.2) is 47.6 Å². The SMILES string of the molecule is C=C1CC[C@@H](OC(=O)/C(C)=C/C)[C@H]2[C@@]1(C)[C@@H](O)C(=O)C(=C)[C@]2(C)C[C@@H](OC(=O)/C(C)=C/C)[C@@]1(O)COC(=O)C1. The van der Waals surface area contributed by atoms with E-state index >= 15 is 0 Å². The highest BCUT2D eigenvalue weighted by Crippen LogP contribution is 2.62. The molecule has 0 aromatic rings. The van der Waals surface area contributed by atoms with E-state index in [-0.39, 0.29) is 17.6 Å². The lowest BCUT2D eigenvalue weighted by atomic mass is 9.45. The van der Waals surface area contributed by atoms with E-state index in [0.29, 0.717) is 24.0 Å². The molecule has 2 saturated carbocycles. The molecule has 9 nitrogen and oxygen atoms in total. The van der Waals surface area contributed by atoms with Crippen LogP contribution in [-0.4, -0.2) is 64.4 Å². The first-order valence-electron chi connectivity index (χ1n) is 13.2. The van der Waals surface area contributed by atoms with Crippen LogP contribution in [0.2, 0.25) is 0 Å². The summed E-state index contributed by atoms with van der Waals surface area (Å²) >= 11 is 0. The minimum atomic E-state index is -1.86. The van der Waals surface area contributed by atoms with E-state index in [1.165, 1.54) is 0 Å². The topological polar surface area (TPSA) is 136 Å². The van der Waals surface area contributed by atoms with Crippen LogP contribution in [-0.2, 0) is 33.4 Å². The monoisotopic (exact) mass is 544 g/mol. The predicted octanol–water partition coefficient (Wildman–Crippen LogP) is 3.29. The third-order valence-electron chi connectivity index (χ3n) is 9.16. The van der Waals surface area contributed by atoms with E-state index in [1.54, 1.807) is 53.7 Å². The lowest BCUT2D eigenvalue weighted by Crippen LogP contribution is -2.64. The standard InChI is InChI=1S/C30H40O9/c1-9-16(3)26(34)38-20-12-11-18(5)29(8)24(20)28(7,19(6)23(32)25(29)33)13-21(39-27(35)17(4)10-2)30(36)14-22(31)37-15-30/h9-10,20-21,24-25,33,36H,5-6,11-15H2,1-4,7-8H3/b16-9+,17-10+/t20-,21-,24-,25+,28+,29+,30+/m1/s1. The van der Waals surface area contributed by atoms with Gasteiger partial charge in [0.2, 0.25) is 0 Å². The summed E-state index contributed by atoms with van der Waals surface area (Å²) in [6.45, 7) is 17.8. The van der Waals surface area contributed by atoms with Crippen molar-refractivity contribution in [3.63, 3.8) is 0 Å². The van der Waals surface area contributed by atoms with Gasteiger partial charge < -0.3 is 24.4 Å². The van der Waals surface area contributed by atoms with Crippen molar-refractivity contribution in [2.45, 2.75) is 91.1 Å².